The molecule has 1 amide bonds. The van der Waals surface area contributed by atoms with Crippen LogP contribution in [0.25, 0.3) is 11.1 Å². The maximum atomic E-state index is 12.4. The van der Waals surface area contributed by atoms with Crippen molar-refractivity contribution in [3.05, 3.63) is 93.1 Å². The fraction of sp³-hybridized carbons (Fsp3) is 0.174. The summed E-state index contributed by atoms with van der Waals surface area (Å²) in [6.07, 6.45) is -0.528. The zero-order valence-electron chi connectivity index (χ0n) is 15.1. The minimum atomic E-state index is -0.528. The molecule has 5 heteroatoms. The normalized spacial score (nSPS) is 13.5. The Hall–Kier alpha value is -2.38. The molecule has 142 valence electrons. The number of benzene rings is 3. The highest BCUT2D eigenvalue weighted by molar-refractivity contribution is 14.1. The Morgan fingerprint density at radius 3 is 2.25 bits per heavy atom. The topological polar surface area (TPSA) is 58.6 Å². The number of alkyl carbamates (subject to hydrolysis) is 1. The number of aliphatic hydroxyl groups excluding tert-OH is 1. The van der Waals surface area contributed by atoms with Crippen molar-refractivity contribution in [3.8, 4) is 11.1 Å². The molecule has 0 spiro atoms. The summed E-state index contributed by atoms with van der Waals surface area (Å²) < 4.78 is 6.61. The van der Waals surface area contributed by atoms with E-state index in [9.17, 15) is 9.90 Å². The molecule has 1 aliphatic carbocycles. The molecular formula is C23H20INO3. The molecule has 0 radical (unpaired) electrons. The van der Waals surface area contributed by atoms with Gasteiger partial charge in [-0.1, -0.05) is 60.7 Å². The van der Waals surface area contributed by atoms with E-state index in [1.165, 1.54) is 22.3 Å². The molecule has 2 N–H and O–H groups in total. The maximum Gasteiger partial charge on any atom is 0.407 e. The summed E-state index contributed by atoms with van der Waals surface area (Å²) in [7, 11) is 0. The Kier molecular flexibility index (Phi) is 5.64. The molecule has 0 heterocycles. The van der Waals surface area contributed by atoms with Crippen molar-refractivity contribution in [2.45, 2.75) is 12.0 Å². The molecule has 4 nitrogen and oxygen atoms in total. The molecule has 0 saturated heterocycles. The maximum absolute atomic E-state index is 12.4. The van der Waals surface area contributed by atoms with Gasteiger partial charge in [-0.15, -0.1) is 0 Å². The van der Waals surface area contributed by atoms with Crippen LogP contribution in [0.5, 0.6) is 0 Å². The fourth-order valence-corrected chi connectivity index (χ4v) is 4.31. The number of fused-ring (bicyclic) bond motifs is 3. The van der Waals surface area contributed by atoms with Gasteiger partial charge in [0.1, 0.15) is 6.61 Å². The lowest BCUT2D eigenvalue weighted by molar-refractivity contribution is 0.132. The average Bonchev–Trinajstić information content (AvgIpc) is 3.04. The lowest BCUT2D eigenvalue weighted by Gasteiger charge is -2.19. The first-order valence-corrected chi connectivity index (χ1v) is 10.2. The molecule has 0 aromatic heterocycles. The molecule has 1 unspecified atom stereocenters. The summed E-state index contributed by atoms with van der Waals surface area (Å²) in [4.78, 5) is 12.4. The first-order chi connectivity index (χ1) is 13.7. The van der Waals surface area contributed by atoms with E-state index in [-0.39, 0.29) is 19.1 Å². The first kappa shape index (κ1) is 19.0. The molecule has 0 saturated carbocycles. The second-order valence-corrected chi connectivity index (χ2v) is 8.01. The van der Waals surface area contributed by atoms with E-state index in [0.29, 0.717) is 0 Å². The summed E-state index contributed by atoms with van der Waals surface area (Å²) >= 11 is 2.21. The van der Waals surface area contributed by atoms with E-state index in [0.717, 1.165) is 9.13 Å². The van der Waals surface area contributed by atoms with Gasteiger partial charge in [0.05, 0.1) is 12.6 Å². The Bertz CT molecular complexity index is 959. The molecule has 3 aromatic rings. The summed E-state index contributed by atoms with van der Waals surface area (Å²) in [6.45, 7) is 0.0641. The van der Waals surface area contributed by atoms with Crippen molar-refractivity contribution in [1.29, 1.82) is 0 Å². The minimum Gasteiger partial charge on any atom is -0.449 e. The highest BCUT2D eigenvalue weighted by Crippen LogP contribution is 2.44. The molecule has 1 atom stereocenters. The van der Waals surface area contributed by atoms with E-state index >= 15 is 0 Å². The summed E-state index contributed by atoms with van der Waals surface area (Å²) in [5.74, 6) is 0.0170. The van der Waals surface area contributed by atoms with Crippen LogP contribution in [0, 0.1) is 3.57 Å². The van der Waals surface area contributed by atoms with Gasteiger partial charge in [-0.05, 0) is 62.5 Å². The smallest absolute Gasteiger partial charge is 0.407 e. The fourth-order valence-electron chi connectivity index (χ4n) is 3.74. The number of aliphatic hydroxyl groups is 1. The first-order valence-electron chi connectivity index (χ1n) is 9.15. The third kappa shape index (κ3) is 3.77. The number of hydrogen-bond acceptors (Lipinski definition) is 3. The third-order valence-electron chi connectivity index (χ3n) is 5.07. The molecule has 1 aliphatic rings. The molecule has 0 bridgehead atoms. The lowest BCUT2D eigenvalue weighted by Crippen LogP contribution is -2.32. The summed E-state index contributed by atoms with van der Waals surface area (Å²) in [5, 5.41) is 12.5. The molecule has 0 fully saturated rings. The van der Waals surface area contributed by atoms with E-state index in [4.69, 9.17) is 4.74 Å². The van der Waals surface area contributed by atoms with Crippen molar-refractivity contribution in [2.75, 3.05) is 13.2 Å². The van der Waals surface area contributed by atoms with Gasteiger partial charge in [0.15, 0.2) is 0 Å². The molecule has 4 rings (SSSR count). The van der Waals surface area contributed by atoms with Crippen LogP contribution < -0.4 is 5.32 Å². The number of hydrogen-bond donors (Lipinski definition) is 2. The Morgan fingerprint density at radius 1 is 1.00 bits per heavy atom. The molecule has 0 aliphatic heterocycles. The van der Waals surface area contributed by atoms with Gasteiger partial charge in [-0.3, -0.25) is 0 Å². The predicted molar refractivity (Wildman–Crippen MR) is 117 cm³/mol. The van der Waals surface area contributed by atoms with Crippen molar-refractivity contribution in [2.24, 2.45) is 0 Å². The highest BCUT2D eigenvalue weighted by Gasteiger charge is 2.29. The van der Waals surface area contributed by atoms with Crippen LogP contribution in [0.4, 0.5) is 4.79 Å². The molecular weight excluding hydrogens is 465 g/mol. The number of carbonyl (C=O) groups is 1. The van der Waals surface area contributed by atoms with Gasteiger partial charge in [0.2, 0.25) is 0 Å². The third-order valence-corrected chi connectivity index (χ3v) is 5.74. The SMILES string of the molecule is O=C(NC(CO)c1cccc(I)c1)OCC1c2ccccc2-c2ccccc21. The van der Waals surface area contributed by atoms with Crippen molar-refractivity contribution < 1.29 is 14.6 Å². The van der Waals surface area contributed by atoms with Gasteiger partial charge >= 0.3 is 6.09 Å². The Balaban J connectivity index is 1.46. The van der Waals surface area contributed by atoms with Crippen molar-refractivity contribution in [3.63, 3.8) is 0 Å². The van der Waals surface area contributed by atoms with Gasteiger partial charge in [-0.2, -0.15) is 0 Å². The van der Waals surface area contributed by atoms with E-state index in [1.807, 2.05) is 48.5 Å². The van der Waals surface area contributed by atoms with Gasteiger partial charge in [0.25, 0.3) is 0 Å². The van der Waals surface area contributed by atoms with Gasteiger partial charge in [-0.25, -0.2) is 4.79 Å². The summed E-state index contributed by atoms with van der Waals surface area (Å²) in [5.41, 5.74) is 5.59. The highest BCUT2D eigenvalue weighted by atomic mass is 127. The van der Waals surface area contributed by atoms with Crippen LogP contribution in [-0.2, 0) is 4.74 Å². The Morgan fingerprint density at radius 2 is 1.64 bits per heavy atom. The minimum absolute atomic E-state index is 0.0170. The number of ether oxygens (including phenoxy) is 1. The number of rotatable bonds is 5. The average molecular weight is 485 g/mol. The zero-order valence-corrected chi connectivity index (χ0v) is 17.3. The number of amides is 1. The predicted octanol–water partition coefficient (Wildman–Crippen LogP) is 4.86. The van der Waals surface area contributed by atoms with E-state index < -0.39 is 12.1 Å². The van der Waals surface area contributed by atoms with Crippen molar-refractivity contribution >= 4 is 28.7 Å². The van der Waals surface area contributed by atoms with Gasteiger partial charge < -0.3 is 15.2 Å². The van der Waals surface area contributed by atoms with Crippen LogP contribution in [0.2, 0.25) is 0 Å². The van der Waals surface area contributed by atoms with Crippen LogP contribution in [0.1, 0.15) is 28.7 Å². The monoisotopic (exact) mass is 485 g/mol. The van der Waals surface area contributed by atoms with Crippen molar-refractivity contribution in [1.82, 2.24) is 5.32 Å². The Labute approximate surface area is 177 Å². The largest absolute Gasteiger partial charge is 0.449 e. The number of carbonyl (C=O) groups excluding carboxylic acids is 1. The van der Waals surface area contributed by atoms with Gasteiger partial charge in [0, 0.05) is 9.49 Å². The van der Waals surface area contributed by atoms with Crippen LogP contribution >= 0.6 is 22.6 Å². The van der Waals surface area contributed by atoms with E-state index in [2.05, 4.69) is 52.2 Å². The lowest BCUT2D eigenvalue weighted by atomic mass is 9.98. The summed E-state index contributed by atoms with van der Waals surface area (Å²) in [6, 6.07) is 23.6. The van der Waals surface area contributed by atoms with Crippen LogP contribution in [0.15, 0.2) is 72.8 Å². The second kappa shape index (κ2) is 8.32. The second-order valence-electron chi connectivity index (χ2n) is 6.76. The van der Waals surface area contributed by atoms with Crippen LogP contribution in [-0.4, -0.2) is 24.4 Å². The molecule has 3 aromatic carbocycles. The van der Waals surface area contributed by atoms with Crippen LogP contribution in [0.3, 0.4) is 0 Å². The number of halogens is 1. The molecule has 28 heavy (non-hydrogen) atoms. The zero-order chi connectivity index (χ0) is 19.5. The standard InChI is InChI=1S/C23H20INO3/c24-16-7-5-6-15(12-16)22(13-26)25-23(27)28-14-21-19-10-3-1-8-17(19)18-9-2-4-11-20(18)21/h1-12,21-22,26H,13-14H2,(H,25,27). The number of nitrogens with one attached hydrogen (secondary N) is 1. The van der Waals surface area contributed by atoms with E-state index in [1.54, 1.807) is 0 Å². The quantitative estimate of drug-likeness (QED) is 0.508.